The molecule has 2 bridgehead atoms. The van der Waals surface area contributed by atoms with E-state index in [1.807, 2.05) is 26.0 Å². The summed E-state index contributed by atoms with van der Waals surface area (Å²) in [6.07, 6.45) is 2.55. The van der Waals surface area contributed by atoms with E-state index in [1.165, 1.54) is 6.07 Å². The molecule has 2 heterocycles. The number of nitrogens with zero attached hydrogens (tertiary/aromatic N) is 4. The highest BCUT2D eigenvalue weighted by molar-refractivity contribution is 6.29. The lowest BCUT2D eigenvalue weighted by atomic mass is 9.39. The number of aromatic carboxylic acids is 1. The normalized spacial score (nSPS) is 23.4. The van der Waals surface area contributed by atoms with Gasteiger partial charge in [0.15, 0.2) is 17.2 Å². The zero-order valence-electron chi connectivity index (χ0n) is 18.7. The van der Waals surface area contributed by atoms with Crippen LogP contribution in [0.4, 0.5) is 11.5 Å². The van der Waals surface area contributed by atoms with Crippen molar-refractivity contribution in [2.45, 2.75) is 44.7 Å². The summed E-state index contributed by atoms with van der Waals surface area (Å²) in [6.45, 7) is 4.00. The number of benzene rings is 1. The molecule has 3 aromatic rings. The van der Waals surface area contributed by atoms with Gasteiger partial charge in [-0.05, 0) is 56.9 Å². The molecule has 0 unspecified atom stereocenters. The second-order valence-electron chi connectivity index (χ2n) is 9.55. The predicted molar refractivity (Wildman–Crippen MR) is 127 cm³/mol. The van der Waals surface area contributed by atoms with Crippen molar-refractivity contribution in [1.82, 2.24) is 15.0 Å². The number of aliphatic hydroxyl groups excluding tert-OH is 1. The van der Waals surface area contributed by atoms with Crippen LogP contribution in [0, 0.1) is 23.7 Å². The van der Waals surface area contributed by atoms with Gasteiger partial charge in [0.05, 0.1) is 22.8 Å². The molecule has 0 saturated heterocycles. The maximum absolute atomic E-state index is 11.7. The van der Waals surface area contributed by atoms with Gasteiger partial charge < -0.3 is 20.8 Å². The topological polar surface area (TPSA) is 144 Å². The fourth-order valence-corrected chi connectivity index (χ4v) is 5.55. The molecule has 1 aromatic carbocycles. The molecule has 3 fully saturated rings. The molecule has 0 amide bonds. The Balaban J connectivity index is 1.52. The summed E-state index contributed by atoms with van der Waals surface area (Å²) in [5, 5.41) is 35.5. The Bertz CT molecular complexity index is 1370. The number of anilines is 2. The van der Waals surface area contributed by atoms with Crippen molar-refractivity contribution >= 4 is 40.1 Å². The summed E-state index contributed by atoms with van der Waals surface area (Å²) in [4.78, 5) is 25.0. The van der Waals surface area contributed by atoms with Gasteiger partial charge in [0.2, 0.25) is 0 Å². The van der Waals surface area contributed by atoms with Gasteiger partial charge >= 0.3 is 5.97 Å². The lowest BCUT2D eigenvalue weighted by Crippen LogP contribution is -2.72. The second kappa shape index (κ2) is 7.79. The number of carboxylic acid groups (broad SMARTS) is 1. The zero-order chi connectivity index (χ0) is 24.3. The molecule has 0 spiro atoms. The number of pyridine rings is 1. The number of aliphatic hydroxyl groups is 1. The Morgan fingerprint density at radius 1 is 1.26 bits per heavy atom. The maximum Gasteiger partial charge on any atom is 0.356 e. The Labute approximate surface area is 200 Å². The molecule has 10 heteroatoms. The summed E-state index contributed by atoms with van der Waals surface area (Å²) in [5.74, 6) is -0.756. The molecule has 9 nitrogen and oxygen atoms in total. The van der Waals surface area contributed by atoms with Crippen molar-refractivity contribution in [3.63, 3.8) is 0 Å². The highest BCUT2D eigenvalue weighted by atomic mass is 35.5. The van der Waals surface area contributed by atoms with Gasteiger partial charge in [0.25, 0.3) is 0 Å². The number of halogens is 1. The van der Waals surface area contributed by atoms with Crippen LogP contribution >= 0.6 is 11.6 Å². The van der Waals surface area contributed by atoms with Crippen LogP contribution in [0.15, 0.2) is 24.3 Å². The second-order valence-corrected chi connectivity index (χ2v) is 9.94. The van der Waals surface area contributed by atoms with Crippen LogP contribution in [-0.2, 0) is 0 Å². The Hall–Kier alpha value is -3.48. The molecule has 0 radical (unpaired) electrons. The minimum Gasteiger partial charge on any atom is -0.476 e. The van der Waals surface area contributed by atoms with Crippen LogP contribution in [0.25, 0.3) is 11.0 Å². The molecule has 2 aromatic heterocycles. The third kappa shape index (κ3) is 3.59. The Kier molecular flexibility index (Phi) is 5.11. The third-order valence-corrected chi connectivity index (χ3v) is 7.02. The standard InChI is InChI=1S/C24H23ClN6O3/c1-12-5-14(13(2)27-15-3-4-18(25)29-20(15)22(33)34)19-16(6-12)28-17(7-26)21(30-19)31-24-8-23(9-24,10-24)11-32/h3-6,13,27,32H,8-11H2,1-2H3,(H,30,31)(H,33,34)/t13-,23?,24?/m1/s1. The highest BCUT2D eigenvalue weighted by Gasteiger charge is 2.67. The molecular weight excluding hydrogens is 456 g/mol. The molecule has 3 aliphatic carbocycles. The van der Waals surface area contributed by atoms with Crippen molar-refractivity contribution in [2.75, 3.05) is 17.2 Å². The number of nitriles is 1. The van der Waals surface area contributed by atoms with Gasteiger partial charge in [0, 0.05) is 23.1 Å². The van der Waals surface area contributed by atoms with E-state index in [4.69, 9.17) is 16.6 Å². The van der Waals surface area contributed by atoms with Crippen molar-refractivity contribution in [1.29, 1.82) is 5.26 Å². The molecule has 1 atom stereocenters. The first-order valence-electron chi connectivity index (χ1n) is 10.9. The van der Waals surface area contributed by atoms with E-state index in [-0.39, 0.29) is 40.1 Å². The van der Waals surface area contributed by atoms with Crippen LogP contribution < -0.4 is 10.6 Å². The van der Waals surface area contributed by atoms with E-state index in [9.17, 15) is 20.3 Å². The van der Waals surface area contributed by atoms with E-state index in [0.29, 0.717) is 22.5 Å². The van der Waals surface area contributed by atoms with Crippen molar-refractivity contribution in [3.05, 3.63) is 51.9 Å². The summed E-state index contributed by atoms with van der Waals surface area (Å²) >= 11 is 5.88. The van der Waals surface area contributed by atoms with Crippen molar-refractivity contribution < 1.29 is 15.0 Å². The number of nitrogens with one attached hydrogen (secondary N) is 2. The number of aryl methyl sites for hydroxylation is 1. The minimum atomic E-state index is -1.18. The third-order valence-electron chi connectivity index (χ3n) is 6.81. The molecule has 3 saturated carbocycles. The lowest BCUT2D eigenvalue weighted by molar-refractivity contribution is -0.146. The number of carboxylic acids is 1. The molecule has 174 valence electrons. The molecule has 6 rings (SSSR count). The number of carbonyl (C=O) groups is 1. The quantitative estimate of drug-likeness (QED) is 0.369. The molecular formula is C24H23ClN6O3. The molecule has 4 N–H and O–H groups in total. The largest absolute Gasteiger partial charge is 0.476 e. The van der Waals surface area contributed by atoms with Crippen LogP contribution in [-0.4, -0.2) is 43.3 Å². The lowest BCUT2D eigenvalue weighted by Gasteiger charge is -2.70. The maximum atomic E-state index is 11.7. The summed E-state index contributed by atoms with van der Waals surface area (Å²) < 4.78 is 0. The van der Waals surface area contributed by atoms with E-state index >= 15 is 0 Å². The average molecular weight is 479 g/mol. The fraction of sp³-hybridized carbons (Fsp3) is 0.375. The van der Waals surface area contributed by atoms with Gasteiger partial charge in [-0.2, -0.15) is 5.26 Å². The SMILES string of the molecule is Cc1cc([C@@H](C)Nc2ccc(Cl)nc2C(=O)O)c2nc(NC34CC(CO)(C3)C4)c(C#N)nc2c1. The number of fused-ring (bicyclic) bond motifs is 1. The van der Waals surface area contributed by atoms with Crippen LogP contribution in [0.5, 0.6) is 0 Å². The van der Waals surface area contributed by atoms with E-state index in [2.05, 4.69) is 26.7 Å². The van der Waals surface area contributed by atoms with Gasteiger partial charge in [-0.1, -0.05) is 17.7 Å². The summed E-state index contributed by atoms with van der Waals surface area (Å²) in [6, 6.07) is 8.76. The number of hydrogen-bond acceptors (Lipinski definition) is 8. The van der Waals surface area contributed by atoms with Gasteiger partial charge in [-0.25, -0.2) is 19.7 Å². The van der Waals surface area contributed by atoms with Gasteiger partial charge in [-0.15, -0.1) is 0 Å². The average Bonchev–Trinajstić information content (AvgIpc) is 2.75. The Morgan fingerprint density at radius 3 is 2.65 bits per heavy atom. The number of aromatic nitrogens is 3. The first-order valence-corrected chi connectivity index (χ1v) is 11.3. The first-order chi connectivity index (χ1) is 16.2. The molecule has 0 aliphatic heterocycles. The van der Waals surface area contributed by atoms with Crippen LogP contribution in [0.1, 0.15) is 59.5 Å². The highest BCUT2D eigenvalue weighted by Crippen LogP contribution is 2.68. The fourth-order valence-electron chi connectivity index (χ4n) is 5.40. The van der Waals surface area contributed by atoms with Crippen LogP contribution in [0.3, 0.4) is 0 Å². The minimum absolute atomic E-state index is 0.0131. The summed E-state index contributed by atoms with van der Waals surface area (Å²) in [5.41, 5.74) is 3.22. The Morgan fingerprint density at radius 2 is 2.00 bits per heavy atom. The smallest absolute Gasteiger partial charge is 0.356 e. The number of hydrogen-bond donors (Lipinski definition) is 4. The molecule has 34 heavy (non-hydrogen) atoms. The monoisotopic (exact) mass is 478 g/mol. The van der Waals surface area contributed by atoms with Gasteiger partial charge in [-0.3, -0.25) is 0 Å². The first kappa shape index (κ1) is 22.3. The van der Waals surface area contributed by atoms with Crippen molar-refractivity contribution in [3.8, 4) is 6.07 Å². The molecule has 3 aliphatic rings. The summed E-state index contributed by atoms with van der Waals surface area (Å²) in [7, 11) is 0. The van der Waals surface area contributed by atoms with Crippen LogP contribution in [0.2, 0.25) is 5.15 Å². The zero-order valence-corrected chi connectivity index (χ0v) is 19.4. The van der Waals surface area contributed by atoms with E-state index in [1.54, 1.807) is 6.07 Å². The van der Waals surface area contributed by atoms with E-state index < -0.39 is 5.97 Å². The predicted octanol–water partition coefficient (Wildman–Crippen LogP) is 4.06. The van der Waals surface area contributed by atoms with Crippen molar-refractivity contribution in [2.24, 2.45) is 5.41 Å². The number of rotatable bonds is 7. The van der Waals surface area contributed by atoms with Gasteiger partial charge in [0.1, 0.15) is 11.2 Å². The van der Waals surface area contributed by atoms with E-state index in [0.717, 1.165) is 30.4 Å².